The van der Waals surface area contributed by atoms with Crippen LogP contribution < -0.4 is 5.73 Å². The van der Waals surface area contributed by atoms with Crippen molar-refractivity contribution in [3.05, 3.63) is 0 Å². The van der Waals surface area contributed by atoms with Gasteiger partial charge in [-0.1, -0.05) is 20.3 Å². The monoisotopic (exact) mass is 231 g/mol. The third-order valence-corrected chi connectivity index (χ3v) is 4.92. The molecule has 0 heterocycles. The molecule has 0 aliphatic heterocycles. The second kappa shape index (κ2) is 6.12. The molecule has 1 fully saturated rings. The normalized spacial score (nSPS) is 30.4. The second-order valence-corrected chi connectivity index (χ2v) is 6.51. The Balaban J connectivity index is 2.28. The van der Waals surface area contributed by atoms with E-state index >= 15 is 0 Å². The molecule has 2 atom stereocenters. The van der Waals surface area contributed by atoms with E-state index < -0.39 is 0 Å². The fourth-order valence-electron chi connectivity index (χ4n) is 2.23. The summed E-state index contributed by atoms with van der Waals surface area (Å²) in [4.78, 5) is 0. The maximum Gasteiger partial charge on any atom is 0.0470 e. The first kappa shape index (κ1) is 13.3. The lowest BCUT2D eigenvalue weighted by molar-refractivity contribution is 0.199. The molecule has 1 aliphatic carbocycles. The van der Waals surface area contributed by atoms with Crippen molar-refractivity contribution in [1.29, 1.82) is 0 Å². The number of nitrogens with two attached hydrogens (primary N) is 1. The number of ether oxygens (including phenoxy) is 1. The fourth-order valence-corrected chi connectivity index (χ4v) is 3.73. The molecule has 0 saturated heterocycles. The van der Waals surface area contributed by atoms with Gasteiger partial charge in [-0.3, -0.25) is 0 Å². The lowest BCUT2D eigenvalue weighted by Gasteiger charge is -2.41. The highest BCUT2D eigenvalue weighted by Crippen LogP contribution is 2.39. The molecule has 15 heavy (non-hydrogen) atoms. The van der Waals surface area contributed by atoms with Crippen LogP contribution in [0.3, 0.4) is 0 Å². The second-order valence-electron chi connectivity index (χ2n) is 5.16. The van der Waals surface area contributed by atoms with Crippen LogP contribution in [0.5, 0.6) is 0 Å². The summed E-state index contributed by atoms with van der Waals surface area (Å²) in [6.45, 7) is 5.48. The van der Waals surface area contributed by atoms with Gasteiger partial charge >= 0.3 is 0 Å². The lowest BCUT2D eigenvalue weighted by Crippen LogP contribution is -2.48. The molecule has 1 rings (SSSR count). The van der Waals surface area contributed by atoms with Crippen LogP contribution in [0.15, 0.2) is 0 Å². The molecular weight excluding hydrogens is 206 g/mol. The van der Waals surface area contributed by atoms with Crippen LogP contribution in [-0.4, -0.2) is 30.8 Å². The highest BCUT2D eigenvalue weighted by atomic mass is 32.2. The lowest BCUT2D eigenvalue weighted by atomic mass is 9.73. The van der Waals surface area contributed by atoms with E-state index in [-0.39, 0.29) is 0 Å². The zero-order valence-corrected chi connectivity index (χ0v) is 11.1. The Hall–Kier alpha value is 0.270. The zero-order valence-electron chi connectivity index (χ0n) is 10.3. The van der Waals surface area contributed by atoms with Crippen molar-refractivity contribution in [2.75, 3.05) is 19.5 Å². The molecule has 90 valence electrons. The zero-order chi connectivity index (χ0) is 11.3. The summed E-state index contributed by atoms with van der Waals surface area (Å²) in [5.41, 5.74) is 6.65. The maximum atomic E-state index is 6.32. The van der Waals surface area contributed by atoms with Gasteiger partial charge in [0.15, 0.2) is 0 Å². The van der Waals surface area contributed by atoms with Crippen molar-refractivity contribution >= 4 is 11.8 Å². The van der Waals surface area contributed by atoms with E-state index in [1.54, 1.807) is 7.11 Å². The predicted octanol–water partition coefficient (Wildman–Crippen LogP) is 2.66. The molecule has 0 aromatic carbocycles. The molecule has 2 nitrogen and oxygen atoms in total. The quantitative estimate of drug-likeness (QED) is 0.739. The largest absolute Gasteiger partial charge is 0.385 e. The van der Waals surface area contributed by atoms with Crippen molar-refractivity contribution in [2.45, 2.75) is 50.8 Å². The topological polar surface area (TPSA) is 35.2 Å². The molecule has 2 unspecified atom stereocenters. The Morgan fingerprint density at radius 2 is 2.20 bits per heavy atom. The van der Waals surface area contributed by atoms with E-state index in [0.29, 0.717) is 16.7 Å². The van der Waals surface area contributed by atoms with Crippen LogP contribution >= 0.6 is 11.8 Å². The third-order valence-electron chi connectivity index (χ3n) is 3.44. The molecule has 0 aromatic heterocycles. The summed E-state index contributed by atoms with van der Waals surface area (Å²) in [5.74, 6) is 1.18. The van der Waals surface area contributed by atoms with Crippen molar-refractivity contribution < 1.29 is 4.74 Å². The van der Waals surface area contributed by atoms with Crippen LogP contribution in [0.25, 0.3) is 0 Å². The van der Waals surface area contributed by atoms with Crippen molar-refractivity contribution in [3.8, 4) is 0 Å². The minimum atomic E-state index is 0.331. The van der Waals surface area contributed by atoms with Crippen LogP contribution in [0, 0.1) is 5.41 Å². The van der Waals surface area contributed by atoms with Crippen LogP contribution in [-0.2, 0) is 4.74 Å². The SMILES string of the molecule is COCCCSC1CCCC(C)(C)C1N. The van der Waals surface area contributed by atoms with Crippen molar-refractivity contribution in [3.63, 3.8) is 0 Å². The molecule has 0 aromatic rings. The first-order valence-electron chi connectivity index (χ1n) is 5.94. The van der Waals surface area contributed by atoms with Gasteiger partial charge < -0.3 is 10.5 Å². The van der Waals surface area contributed by atoms with E-state index in [2.05, 4.69) is 13.8 Å². The van der Waals surface area contributed by atoms with Gasteiger partial charge in [-0.15, -0.1) is 0 Å². The summed E-state index contributed by atoms with van der Waals surface area (Å²) in [6.07, 6.45) is 5.05. The summed E-state index contributed by atoms with van der Waals surface area (Å²) in [5, 5.41) is 0.658. The molecule has 1 saturated carbocycles. The highest BCUT2D eigenvalue weighted by molar-refractivity contribution is 7.99. The van der Waals surface area contributed by atoms with Gasteiger partial charge in [0.1, 0.15) is 0 Å². The predicted molar refractivity (Wildman–Crippen MR) is 68.3 cm³/mol. The van der Waals surface area contributed by atoms with Gasteiger partial charge in [-0.2, -0.15) is 11.8 Å². The molecule has 2 N–H and O–H groups in total. The van der Waals surface area contributed by atoms with Crippen molar-refractivity contribution in [2.24, 2.45) is 11.1 Å². The minimum Gasteiger partial charge on any atom is -0.385 e. The average molecular weight is 231 g/mol. The number of methoxy groups -OCH3 is 1. The summed E-state index contributed by atoms with van der Waals surface area (Å²) in [6, 6.07) is 0.360. The van der Waals surface area contributed by atoms with E-state index in [4.69, 9.17) is 10.5 Å². The van der Waals surface area contributed by atoms with Gasteiger partial charge in [0.05, 0.1) is 0 Å². The Kier molecular flexibility index (Phi) is 5.44. The smallest absolute Gasteiger partial charge is 0.0470 e. The summed E-state index contributed by atoms with van der Waals surface area (Å²) >= 11 is 2.04. The Morgan fingerprint density at radius 3 is 2.87 bits per heavy atom. The molecule has 0 amide bonds. The van der Waals surface area contributed by atoms with Gasteiger partial charge in [-0.05, 0) is 30.4 Å². The standard InChI is InChI=1S/C12H25NOS/c1-12(2)7-4-6-10(11(12)13)15-9-5-8-14-3/h10-11H,4-9,13H2,1-3H3. The number of thioether (sulfide) groups is 1. The Labute approximate surface area is 98.3 Å². The molecule has 0 bridgehead atoms. The molecule has 1 aliphatic rings. The van der Waals surface area contributed by atoms with Gasteiger partial charge in [-0.25, -0.2) is 0 Å². The van der Waals surface area contributed by atoms with E-state index in [0.717, 1.165) is 13.0 Å². The maximum absolute atomic E-state index is 6.32. The number of hydrogen-bond acceptors (Lipinski definition) is 3. The van der Waals surface area contributed by atoms with Crippen LogP contribution in [0.4, 0.5) is 0 Å². The van der Waals surface area contributed by atoms with Crippen LogP contribution in [0.1, 0.15) is 39.5 Å². The van der Waals surface area contributed by atoms with Gasteiger partial charge in [0.2, 0.25) is 0 Å². The van der Waals surface area contributed by atoms with E-state index in [1.807, 2.05) is 11.8 Å². The average Bonchev–Trinajstić information content (AvgIpc) is 2.19. The number of rotatable bonds is 5. The Bertz CT molecular complexity index is 184. The number of hydrogen-bond donors (Lipinski definition) is 1. The minimum absolute atomic E-state index is 0.331. The van der Waals surface area contributed by atoms with Gasteiger partial charge in [0.25, 0.3) is 0 Å². The van der Waals surface area contributed by atoms with Crippen LogP contribution in [0.2, 0.25) is 0 Å². The third kappa shape index (κ3) is 3.97. The first-order chi connectivity index (χ1) is 7.08. The Morgan fingerprint density at radius 1 is 1.47 bits per heavy atom. The van der Waals surface area contributed by atoms with E-state index in [9.17, 15) is 0 Å². The molecular formula is C12H25NOS. The highest BCUT2D eigenvalue weighted by Gasteiger charge is 2.36. The van der Waals surface area contributed by atoms with E-state index in [1.165, 1.54) is 25.0 Å². The molecule has 3 heteroatoms. The summed E-state index contributed by atoms with van der Waals surface area (Å²) < 4.78 is 5.05. The molecule has 0 spiro atoms. The molecule has 0 radical (unpaired) electrons. The summed E-state index contributed by atoms with van der Waals surface area (Å²) in [7, 11) is 1.76. The van der Waals surface area contributed by atoms with Crippen molar-refractivity contribution in [1.82, 2.24) is 0 Å². The fraction of sp³-hybridized carbons (Fsp3) is 1.00. The first-order valence-corrected chi connectivity index (χ1v) is 6.99. The van der Waals surface area contributed by atoms with Gasteiger partial charge in [0, 0.05) is 25.0 Å².